The van der Waals surface area contributed by atoms with Crippen LogP contribution in [0.2, 0.25) is 5.02 Å². The summed E-state index contributed by atoms with van der Waals surface area (Å²) in [6.07, 6.45) is 0. The molecule has 6 nitrogen and oxygen atoms in total. The van der Waals surface area contributed by atoms with E-state index < -0.39 is 11.9 Å². The summed E-state index contributed by atoms with van der Waals surface area (Å²) < 4.78 is 5.39. The summed E-state index contributed by atoms with van der Waals surface area (Å²) in [6, 6.07) is 9.68. The molecule has 0 aliphatic heterocycles. The van der Waals surface area contributed by atoms with Crippen molar-refractivity contribution < 1.29 is 19.4 Å². The first-order valence-electron chi connectivity index (χ1n) is 7.60. The van der Waals surface area contributed by atoms with Crippen LogP contribution in [0.15, 0.2) is 36.4 Å². The molecule has 0 unspecified atom stereocenters. The third kappa shape index (κ3) is 5.44. The molecule has 136 valence electrons. The zero-order valence-corrected chi connectivity index (χ0v) is 15.7. The fourth-order valence-corrected chi connectivity index (χ4v) is 2.40. The Balaban J connectivity index is 1.91. The van der Waals surface area contributed by atoms with Gasteiger partial charge in [0.25, 0.3) is 5.91 Å². The molecule has 0 saturated heterocycles. The Morgan fingerprint density at radius 1 is 1.15 bits per heavy atom. The quantitative estimate of drug-likeness (QED) is 0.674. The highest BCUT2D eigenvalue weighted by molar-refractivity contribution is 7.80. The third-order valence-electron chi connectivity index (χ3n) is 3.49. The normalized spacial score (nSPS) is 10.1. The molecule has 8 heteroatoms. The molecule has 0 aliphatic carbocycles. The lowest BCUT2D eigenvalue weighted by atomic mass is 10.1. The molecule has 0 saturated carbocycles. The van der Waals surface area contributed by atoms with Crippen molar-refractivity contribution >= 4 is 46.5 Å². The molecule has 2 aromatic carbocycles. The van der Waals surface area contributed by atoms with Gasteiger partial charge in [-0.2, -0.15) is 0 Å². The van der Waals surface area contributed by atoms with E-state index in [0.717, 1.165) is 11.1 Å². The van der Waals surface area contributed by atoms with Gasteiger partial charge in [0.1, 0.15) is 5.75 Å². The van der Waals surface area contributed by atoms with Gasteiger partial charge in [0, 0.05) is 10.7 Å². The molecule has 0 aliphatic rings. The Morgan fingerprint density at radius 3 is 2.54 bits per heavy atom. The summed E-state index contributed by atoms with van der Waals surface area (Å²) in [5, 5.41) is 15.0. The van der Waals surface area contributed by atoms with Crippen LogP contribution in [-0.2, 0) is 4.79 Å². The Bertz CT molecular complexity index is 870. The highest BCUT2D eigenvalue weighted by atomic mass is 35.5. The predicted octanol–water partition coefficient (Wildman–Crippen LogP) is 3.55. The molecule has 0 heterocycles. The Labute approximate surface area is 161 Å². The Hall–Kier alpha value is -2.64. The standard InChI is InChI=1S/C18H17ClN2O4S/c1-10-3-4-12(17(23)24)8-15(10)20-18(26)21-16(22)9-25-13-5-6-14(19)11(2)7-13/h3-8H,9H2,1-2H3,(H,23,24)(H2,20,21,22,26). The molecule has 0 atom stereocenters. The molecule has 26 heavy (non-hydrogen) atoms. The lowest BCUT2D eigenvalue weighted by Gasteiger charge is -2.13. The van der Waals surface area contributed by atoms with Crippen molar-refractivity contribution in [1.29, 1.82) is 0 Å². The minimum absolute atomic E-state index is 0.0523. The number of aryl methyl sites for hydroxylation is 2. The van der Waals surface area contributed by atoms with Crippen LogP contribution in [0, 0.1) is 13.8 Å². The highest BCUT2D eigenvalue weighted by Gasteiger charge is 2.10. The lowest BCUT2D eigenvalue weighted by molar-refractivity contribution is -0.121. The Morgan fingerprint density at radius 2 is 1.88 bits per heavy atom. The number of carboxylic acids is 1. The first-order chi connectivity index (χ1) is 12.3. The number of halogens is 1. The van der Waals surface area contributed by atoms with Gasteiger partial charge < -0.3 is 15.2 Å². The molecule has 1 amide bonds. The van der Waals surface area contributed by atoms with Gasteiger partial charge in [-0.3, -0.25) is 10.1 Å². The van der Waals surface area contributed by atoms with E-state index in [1.807, 2.05) is 6.92 Å². The largest absolute Gasteiger partial charge is 0.484 e. The van der Waals surface area contributed by atoms with E-state index in [9.17, 15) is 9.59 Å². The van der Waals surface area contributed by atoms with Gasteiger partial charge in [0.15, 0.2) is 11.7 Å². The minimum atomic E-state index is -1.05. The summed E-state index contributed by atoms with van der Waals surface area (Å²) in [6.45, 7) is 3.41. The van der Waals surface area contributed by atoms with Gasteiger partial charge in [0.05, 0.1) is 5.56 Å². The summed E-state index contributed by atoms with van der Waals surface area (Å²) in [7, 11) is 0. The second-order valence-corrected chi connectivity index (χ2v) is 6.35. The minimum Gasteiger partial charge on any atom is -0.484 e. The zero-order chi connectivity index (χ0) is 19.3. The summed E-state index contributed by atoms with van der Waals surface area (Å²) in [4.78, 5) is 23.0. The van der Waals surface area contributed by atoms with Crippen LogP contribution < -0.4 is 15.4 Å². The van der Waals surface area contributed by atoms with Gasteiger partial charge in [0.2, 0.25) is 0 Å². The number of benzene rings is 2. The van der Waals surface area contributed by atoms with Crippen molar-refractivity contribution in [3.05, 3.63) is 58.1 Å². The maximum atomic E-state index is 11.9. The molecule has 3 N–H and O–H groups in total. The number of aromatic carboxylic acids is 1. The van der Waals surface area contributed by atoms with Crippen LogP contribution >= 0.6 is 23.8 Å². The van der Waals surface area contributed by atoms with E-state index >= 15 is 0 Å². The molecule has 0 spiro atoms. The van der Waals surface area contributed by atoms with Gasteiger partial charge in [-0.15, -0.1) is 0 Å². The fourth-order valence-electron chi connectivity index (χ4n) is 2.06. The van der Waals surface area contributed by atoms with Crippen LogP contribution in [0.1, 0.15) is 21.5 Å². The number of thiocarbonyl (C=S) groups is 1. The molecule has 0 radical (unpaired) electrons. The van der Waals surface area contributed by atoms with Gasteiger partial charge in [-0.05, 0) is 67.5 Å². The number of carboxylic acid groups (broad SMARTS) is 1. The van der Waals surface area contributed by atoms with Crippen LogP contribution in [0.4, 0.5) is 5.69 Å². The number of amides is 1. The van der Waals surface area contributed by atoms with Crippen LogP contribution in [-0.4, -0.2) is 28.7 Å². The van der Waals surface area contributed by atoms with Gasteiger partial charge >= 0.3 is 5.97 Å². The van der Waals surface area contributed by atoms with Crippen molar-refractivity contribution in [3.8, 4) is 5.75 Å². The summed E-state index contributed by atoms with van der Waals surface area (Å²) >= 11 is 11.0. The third-order valence-corrected chi connectivity index (χ3v) is 4.11. The van der Waals surface area contributed by atoms with E-state index in [1.165, 1.54) is 12.1 Å². The topological polar surface area (TPSA) is 87.7 Å². The van der Waals surface area contributed by atoms with Crippen molar-refractivity contribution in [1.82, 2.24) is 5.32 Å². The maximum absolute atomic E-state index is 11.9. The average molecular weight is 393 g/mol. The SMILES string of the molecule is Cc1cc(OCC(=O)NC(=S)Nc2cc(C(=O)O)ccc2C)ccc1Cl. The van der Waals surface area contributed by atoms with Gasteiger partial charge in [-0.25, -0.2) is 4.79 Å². The number of anilines is 1. The second kappa shape index (κ2) is 8.64. The molecule has 0 aromatic heterocycles. The highest BCUT2D eigenvalue weighted by Crippen LogP contribution is 2.21. The second-order valence-electron chi connectivity index (χ2n) is 5.54. The van der Waals surface area contributed by atoms with E-state index in [1.54, 1.807) is 31.2 Å². The number of carbonyl (C=O) groups excluding carboxylic acids is 1. The van der Waals surface area contributed by atoms with E-state index in [0.29, 0.717) is 16.5 Å². The number of nitrogens with one attached hydrogen (secondary N) is 2. The smallest absolute Gasteiger partial charge is 0.335 e. The lowest BCUT2D eigenvalue weighted by Crippen LogP contribution is -2.37. The van der Waals surface area contributed by atoms with Crippen molar-refractivity contribution in [3.63, 3.8) is 0 Å². The van der Waals surface area contributed by atoms with E-state index in [2.05, 4.69) is 10.6 Å². The van der Waals surface area contributed by atoms with Crippen LogP contribution in [0.3, 0.4) is 0 Å². The number of hydrogen-bond acceptors (Lipinski definition) is 4. The zero-order valence-electron chi connectivity index (χ0n) is 14.1. The van der Waals surface area contributed by atoms with E-state index in [-0.39, 0.29) is 17.3 Å². The van der Waals surface area contributed by atoms with Crippen molar-refractivity contribution in [2.75, 3.05) is 11.9 Å². The number of hydrogen-bond donors (Lipinski definition) is 3. The van der Waals surface area contributed by atoms with Gasteiger partial charge in [-0.1, -0.05) is 17.7 Å². The molecular formula is C18H17ClN2O4S. The first kappa shape index (κ1) is 19.7. The number of carbonyl (C=O) groups is 2. The molecule has 0 bridgehead atoms. The number of rotatable bonds is 5. The maximum Gasteiger partial charge on any atom is 0.335 e. The van der Waals surface area contributed by atoms with E-state index in [4.69, 9.17) is 33.7 Å². The average Bonchev–Trinajstić information content (AvgIpc) is 2.57. The van der Waals surface area contributed by atoms with Crippen molar-refractivity contribution in [2.24, 2.45) is 0 Å². The van der Waals surface area contributed by atoms with Crippen LogP contribution in [0.5, 0.6) is 5.75 Å². The molecule has 2 rings (SSSR count). The van der Waals surface area contributed by atoms with Crippen molar-refractivity contribution in [2.45, 2.75) is 13.8 Å². The summed E-state index contributed by atoms with van der Waals surface area (Å²) in [5.41, 5.74) is 2.26. The monoisotopic (exact) mass is 392 g/mol. The fraction of sp³-hybridized carbons (Fsp3) is 0.167. The molecule has 2 aromatic rings. The predicted molar refractivity (Wildman–Crippen MR) is 104 cm³/mol. The molecule has 0 fully saturated rings. The Kier molecular flexibility index (Phi) is 6.54. The van der Waals surface area contributed by atoms with Crippen LogP contribution in [0.25, 0.3) is 0 Å². The first-order valence-corrected chi connectivity index (χ1v) is 8.38. The molecular weight excluding hydrogens is 376 g/mol. The number of ether oxygens (including phenoxy) is 1. The summed E-state index contributed by atoms with van der Waals surface area (Å²) in [5.74, 6) is -0.970.